The van der Waals surface area contributed by atoms with Crippen LogP contribution < -0.4 is 5.48 Å². The maximum atomic E-state index is 13.6. The van der Waals surface area contributed by atoms with Crippen molar-refractivity contribution in [3.63, 3.8) is 0 Å². The molecule has 6 nitrogen and oxygen atoms in total. The number of hydroxylamine groups is 1. The van der Waals surface area contributed by atoms with Gasteiger partial charge < -0.3 is 9.97 Å². The van der Waals surface area contributed by atoms with Gasteiger partial charge in [0.05, 0.1) is 0 Å². The molecule has 4 aromatic rings. The van der Waals surface area contributed by atoms with Crippen molar-refractivity contribution in [2.24, 2.45) is 0 Å². The molecule has 1 atom stereocenters. The number of rotatable bonds is 8. The average Bonchev–Trinajstić information content (AvgIpc) is 3.59. The normalized spacial score (nSPS) is 15.4. The summed E-state index contributed by atoms with van der Waals surface area (Å²) in [7, 11) is 0. The van der Waals surface area contributed by atoms with Gasteiger partial charge in [-0.15, -0.1) is 0 Å². The van der Waals surface area contributed by atoms with Gasteiger partial charge in [-0.05, 0) is 77.4 Å². The summed E-state index contributed by atoms with van der Waals surface area (Å²) in [6.45, 7) is 1.71. The van der Waals surface area contributed by atoms with Crippen molar-refractivity contribution < 1.29 is 14.4 Å². The lowest BCUT2D eigenvalue weighted by Crippen LogP contribution is -2.29. The van der Waals surface area contributed by atoms with Crippen molar-refractivity contribution in [1.82, 2.24) is 20.3 Å². The number of aryl methyl sites for hydroxylation is 1. The van der Waals surface area contributed by atoms with E-state index in [4.69, 9.17) is 5.21 Å². The predicted octanol–water partition coefficient (Wildman–Crippen LogP) is 4.89. The molecule has 1 unspecified atom stereocenters. The summed E-state index contributed by atoms with van der Waals surface area (Å²) < 4.78 is 13.6. The Kier molecular flexibility index (Phi) is 6.29. The molecule has 0 saturated heterocycles. The van der Waals surface area contributed by atoms with Gasteiger partial charge in [-0.1, -0.05) is 18.2 Å². The molecule has 1 aliphatic carbocycles. The minimum atomic E-state index is -0.545. The van der Waals surface area contributed by atoms with Crippen molar-refractivity contribution in [3.05, 3.63) is 101 Å². The number of carbonyl (C=O) groups excluding carboxylic acids is 1. The maximum absolute atomic E-state index is 13.6. The number of benzene rings is 2. The maximum Gasteiger partial charge on any atom is 0.267 e. The molecule has 4 N–H and O–H groups in total. The summed E-state index contributed by atoms with van der Waals surface area (Å²) in [5, 5.41) is 9.75. The topological polar surface area (TPSA) is 84.2 Å². The molecule has 2 heterocycles. The van der Waals surface area contributed by atoms with Gasteiger partial charge in [0.2, 0.25) is 0 Å². The fourth-order valence-corrected chi connectivity index (χ4v) is 4.97. The Hall–Kier alpha value is -3.68. The van der Waals surface area contributed by atoms with Crippen molar-refractivity contribution in [1.29, 1.82) is 0 Å². The van der Waals surface area contributed by atoms with Crippen LogP contribution in [0.25, 0.3) is 17.0 Å². The summed E-state index contributed by atoms with van der Waals surface area (Å²) in [6, 6.07) is 13.6. The van der Waals surface area contributed by atoms with E-state index in [1.807, 2.05) is 30.7 Å². The highest BCUT2D eigenvalue weighted by Crippen LogP contribution is 2.37. The van der Waals surface area contributed by atoms with Gasteiger partial charge in [0.25, 0.3) is 5.91 Å². The Labute approximate surface area is 197 Å². The number of aromatic amines is 2. The number of amides is 1. The monoisotopic (exact) mass is 458 g/mol. The molecule has 2 aromatic heterocycles. The van der Waals surface area contributed by atoms with Gasteiger partial charge in [0.1, 0.15) is 5.82 Å². The zero-order valence-corrected chi connectivity index (χ0v) is 18.7. The Morgan fingerprint density at radius 3 is 2.94 bits per heavy atom. The third-order valence-electron chi connectivity index (χ3n) is 6.64. The van der Waals surface area contributed by atoms with Crippen LogP contribution in [0.3, 0.4) is 0 Å². The highest BCUT2D eigenvalue weighted by atomic mass is 19.1. The van der Waals surface area contributed by atoms with E-state index in [-0.39, 0.29) is 5.82 Å². The Morgan fingerprint density at radius 1 is 1.21 bits per heavy atom. The molecule has 0 saturated carbocycles. The summed E-state index contributed by atoms with van der Waals surface area (Å²) in [5.41, 5.74) is 8.42. The zero-order chi connectivity index (χ0) is 23.5. The van der Waals surface area contributed by atoms with Crippen LogP contribution in [-0.4, -0.2) is 32.5 Å². The highest BCUT2D eigenvalue weighted by molar-refractivity contribution is 5.90. The summed E-state index contributed by atoms with van der Waals surface area (Å²) >= 11 is 0. The number of hydrogen-bond donors (Lipinski definition) is 4. The van der Waals surface area contributed by atoms with Crippen LogP contribution in [0, 0.1) is 5.82 Å². The summed E-state index contributed by atoms with van der Waals surface area (Å²) in [5.74, 6) is -0.778. The van der Waals surface area contributed by atoms with Crippen LogP contribution >= 0.6 is 0 Å². The van der Waals surface area contributed by atoms with E-state index in [0.29, 0.717) is 6.04 Å². The third kappa shape index (κ3) is 4.66. The van der Waals surface area contributed by atoms with E-state index in [1.54, 1.807) is 17.6 Å². The first-order valence-corrected chi connectivity index (χ1v) is 11.5. The van der Waals surface area contributed by atoms with Crippen LogP contribution in [0.15, 0.2) is 67.1 Å². The predicted molar refractivity (Wildman–Crippen MR) is 130 cm³/mol. The van der Waals surface area contributed by atoms with Gasteiger partial charge in [0.15, 0.2) is 0 Å². The third-order valence-corrected chi connectivity index (χ3v) is 6.64. The highest BCUT2D eigenvalue weighted by Gasteiger charge is 2.28. The minimum absolute atomic E-state index is 0.233. The Balaban J connectivity index is 1.37. The second-order valence-corrected chi connectivity index (χ2v) is 8.77. The number of hydrogen-bond acceptors (Lipinski definition) is 3. The van der Waals surface area contributed by atoms with Crippen molar-refractivity contribution in [3.8, 4) is 0 Å². The number of H-pyrrole nitrogens is 2. The van der Waals surface area contributed by atoms with Crippen LogP contribution in [0.5, 0.6) is 0 Å². The van der Waals surface area contributed by atoms with Gasteiger partial charge >= 0.3 is 0 Å². The Morgan fingerprint density at radius 2 is 2.12 bits per heavy atom. The van der Waals surface area contributed by atoms with Gasteiger partial charge in [-0.2, -0.15) is 0 Å². The second-order valence-electron chi connectivity index (χ2n) is 8.77. The van der Waals surface area contributed by atoms with E-state index in [0.717, 1.165) is 48.8 Å². The number of halogens is 1. The van der Waals surface area contributed by atoms with E-state index in [2.05, 4.69) is 33.1 Å². The van der Waals surface area contributed by atoms with Crippen molar-refractivity contribution in [2.75, 3.05) is 6.54 Å². The molecule has 1 amide bonds. The summed E-state index contributed by atoms with van der Waals surface area (Å²) in [6.07, 6.45) is 11.9. The van der Waals surface area contributed by atoms with E-state index in [1.165, 1.54) is 34.4 Å². The fraction of sp³-hybridized carbons (Fsp3) is 0.222. The lowest BCUT2D eigenvalue weighted by molar-refractivity contribution is -0.124. The molecule has 7 heteroatoms. The molecule has 0 spiro atoms. The zero-order valence-electron chi connectivity index (χ0n) is 18.7. The molecular formula is C27H27FN4O2. The SMILES string of the molecule is O=C(/C=C/c1ccc2c(c1)CCC2N(CCc1c[nH]c2cc(F)ccc12)Cc1cc[nH]c1)NO. The molecule has 5 rings (SSSR count). The standard InChI is InChI=1S/C27H27FN4O2/c28-22-4-6-23-21(16-30-25(23)14-22)10-12-32(17-19-9-11-29-15-19)26-7-3-20-13-18(1-5-24(20)26)2-8-27(33)31-34/h1-2,4-6,8-9,11,13-16,26,29-30,34H,3,7,10,12,17H2,(H,31,33)/b8-2+. The van der Waals surface area contributed by atoms with Gasteiger partial charge in [-0.25, -0.2) is 9.87 Å². The fourth-order valence-electron chi connectivity index (χ4n) is 4.97. The Bertz CT molecular complexity index is 1330. The largest absolute Gasteiger partial charge is 0.367 e. The smallest absolute Gasteiger partial charge is 0.267 e. The first kappa shape index (κ1) is 22.1. The molecule has 174 valence electrons. The average molecular weight is 459 g/mol. The number of fused-ring (bicyclic) bond motifs is 2. The molecule has 0 bridgehead atoms. The van der Waals surface area contributed by atoms with Crippen molar-refractivity contribution >= 4 is 22.9 Å². The molecule has 2 aromatic carbocycles. The first-order chi connectivity index (χ1) is 16.6. The lowest BCUT2D eigenvalue weighted by Gasteiger charge is -2.29. The molecule has 0 aliphatic heterocycles. The van der Waals surface area contributed by atoms with Crippen LogP contribution in [0.1, 0.15) is 40.3 Å². The van der Waals surface area contributed by atoms with Crippen LogP contribution in [-0.2, 0) is 24.2 Å². The molecule has 1 aliphatic rings. The quantitative estimate of drug-likeness (QED) is 0.172. The molecule has 34 heavy (non-hydrogen) atoms. The van der Waals surface area contributed by atoms with E-state index >= 15 is 0 Å². The van der Waals surface area contributed by atoms with Gasteiger partial charge in [0, 0.05) is 54.7 Å². The molecule has 0 fully saturated rings. The number of aromatic nitrogens is 2. The van der Waals surface area contributed by atoms with E-state index < -0.39 is 5.91 Å². The molecule has 0 radical (unpaired) electrons. The minimum Gasteiger partial charge on any atom is -0.367 e. The number of nitrogens with zero attached hydrogens (tertiary/aromatic N) is 1. The van der Waals surface area contributed by atoms with Crippen LogP contribution in [0.2, 0.25) is 0 Å². The molecular weight excluding hydrogens is 431 g/mol. The van der Waals surface area contributed by atoms with Crippen molar-refractivity contribution in [2.45, 2.75) is 31.8 Å². The number of carbonyl (C=O) groups is 1. The number of nitrogens with one attached hydrogen (secondary N) is 3. The van der Waals surface area contributed by atoms with E-state index in [9.17, 15) is 9.18 Å². The van der Waals surface area contributed by atoms with Gasteiger partial charge in [-0.3, -0.25) is 14.9 Å². The second kappa shape index (κ2) is 9.67. The summed E-state index contributed by atoms with van der Waals surface area (Å²) in [4.78, 5) is 20.2. The van der Waals surface area contributed by atoms with Crippen LogP contribution in [0.4, 0.5) is 4.39 Å². The lowest BCUT2D eigenvalue weighted by atomic mass is 10.0. The first-order valence-electron chi connectivity index (χ1n) is 11.5.